The molecular weight excluding hydrogens is 190 g/mol. The zero-order chi connectivity index (χ0) is 9.90. The highest BCUT2D eigenvalue weighted by Gasteiger charge is 2.08. The molecule has 0 fully saturated rings. The van der Waals surface area contributed by atoms with E-state index < -0.39 is 10.0 Å². The highest BCUT2D eigenvalue weighted by Crippen LogP contribution is 1.91. The molecule has 0 saturated carbocycles. The Balaban J connectivity index is 2.47. The fourth-order valence-corrected chi connectivity index (χ4v) is 1.90. The maximum Gasteiger partial charge on any atom is 0.209 e. The fraction of sp³-hybridized carbons (Fsp3) is 0.571. The summed E-state index contributed by atoms with van der Waals surface area (Å²) >= 11 is 0. The van der Waals surface area contributed by atoms with Gasteiger partial charge in [-0.3, -0.25) is 4.68 Å². The molecule has 0 saturated heterocycles. The molecule has 1 rings (SSSR count). The van der Waals surface area contributed by atoms with Crippen LogP contribution in [0.1, 0.15) is 6.92 Å². The molecule has 6 heteroatoms. The van der Waals surface area contributed by atoms with E-state index in [4.69, 9.17) is 0 Å². The lowest BCUT2D eigenvalue weighted by Crippen LogP contribution is -2.34. The first-order valence-electron chi connectivity index (χ1n) is 3.92. The van der Waals surface area contributed by atoms with E-state index in [1.165, 1.54) is 0 Å². The predicted octanol–water partition coefficient (Wildman–Crippen LogP) is -0.179. The molecule has 1 aromatic rings. The Morgan fingerprint density at radius 1 is 1.62 bits per heavy atom. The molecule has 0 aromatic carbocycles. The van der Waals surface area contributed by atoms with Crippen LogP contribution in [0.5, 0.6) is 0 Å². The van der Waals surface area contributed by atoms with Crippen molar-refractivity contribution >= 4 is 10.0 Å². The van der Waals surface area contributed by atoms with Crippen LogP contribution in [0.25, 0.3) is 0 Å². The maximum absolute atomic E-state index is 10.8. The minimum Gasteiger partial charge on any atom is -0.271 e. The number of nitrogens with zero attached hydrogens (tertiary/aromatic N) is 2. The van der Waals surface area contributed by atoms with Crippen molar-refractivity contribution in [3.05, 3.63) is 18.5 Å². The number of rotatable bonds is 4. The normalized spacial score (nSPS) is 14.3. The van der Waals surface area contributed by atoms with E-state index in [9.17, 15) is 8.42 Å². The Morgan fingerprint density at radius 3 is 2.77 bits per heavy atom. The van der Waals surface area contributed by atoms with Crippen molar-refractivity contribution in [1.82, 2.24) is 14.5 Å². The third-order valence-corrected chi connectivity index (χ3v) is 2.27. The third kappa shape index (κ3) is 4.05. The van der Waals surface area contributed by atoms with Crippen LogP contribution in [0.15, 0.2) is 18.5 Å². The van der Waals surface area contributed by atoms with Gasteiger partial charge in [-0.05, 0) is 13.0 Å². The largest absolute Gasteiger partial charge is 0.271 e. The summed E-state index contributed by atoms with van der Waals surface area (Å²) in [5, 5.41) is 3.97. The van der Waals surface area contributed by atoms with Crippen molar-refractivity contribution in [2.24, 2.45) is 0 Å². The summed E-state index contributed by atoms with van der Waals surface area (Å²) in [7, 11) is -3.12. The summed E-state index contributed by atoms with van der Waals surface area (Å²) in [5.41, 5.74) is 0. The minimum atomic E-state index is -3.12. The van der Waals surface area contributed by atoms with E-state index >= 15 is 0 Å². The van der Waals surface area contributed by atoms with Crippen LogP contribution in [0, 0.1) is 0 Å². The minimum absolute atomic E-state index is 0.144. The molecule has 0 aliphatic heterocycles. The Kier molecular flexibility index (Phi) is 3.05. The predicted molar refractivity (Wildman–Crippen MR) is 49.7 cm³/mol. The van der Waals surface area contributed by atoms with Crippen LogP contribution < -0.4 is 4.72 Å². The average molecular weight is 203 g/mol. The van der Waals surface area contributed by atoms with Crippen molar-refractivity contribution in [2.75, 3.05) is 6.26 Å². The number of nitrogens with one attached hydrogen (secondary N) is 1. The van der Waals surface area contributed by atoms with Crippen molar-refractivity contribution in [3.8, 4) is 0 Å². The van der Waals surface area contributed by atoms with Gasteiger partial charge in [0.25, 0.3) is 0 Å². The molecule has 0 amide bonds. The first kappa shape index (κ1) is 10.2. The topological polar surface area (TPSA) is 64.0 Å². The van der Waals surface area contributed by atoms with Crippen molar-refractivity contribution in [1.29, 1.82) is 0 Å². The monoisotopic (exact) mass is 203 g/mol. The summed E-state index contributed by atoms with van der Waals surface area (Å²) < 4.78 is 25.8. The van der Waals surface area contributed by atoms with Crippen LogP contribution in [0.4, 0.5) is 0 Å². The molecule has 0 radical (unpaired) electrons. The quantitative estimate of drug-likeness (QED) is 0.738. The second-order valence-electron chi connectivity index (χ2n) is 3.02. The Morgan fingerprint density at radius 2 is 2.31 bits per heavy atom. The Labute approximate surface area is 77.8 Å². The first-order valence-corrected chi connectivity index (χ1v) is 5.81. The number of hydrogen-bond donors (Lipinski definition) is 1. The summed E-state index contributed by atoms with van der Waals surface area (Å²) in [6, 6.07) is 1.66. The van der Waals surface area contributed by atoms with Gasteiger partial charge in [0.05, 0.1) is 12.8 Å². The molecule has 1 atom stereocenters. The summed E-state index contributed by atoms with van der Waals surface area (Å²) in [6.07, 6.45) is 4.60. The van der Waals surface area contributed by atoms with Gasteiger partial charge in [0.15, 0.2) is 0 Å². The van der Waals surface area contributed by atoms with Gasteiger partial charge in [-0.1, -0.05) is 0 Å². The van der Waals surface area contributed by atoms with E-state index in [1.807, 2.05) is 0 Å². The molecular formula is C7H13N3O2S. The van der Waals surface area contributed by atoms with E-state index in [-0.39, 0.29) is 6.04 Å². The molecule has 74 valence electrons. The summed E-state index contributed by atoms with van der Waals surface area (Å²) in [6.45, 7) is 2.34. The van der Waals surface area contributed by atoms with Crippen molar-refractivity contribution in [2.45, 2.75) is 19.5 Å². The second kappa shape index (κ2) is 3.89. The van der Waals surface area contributed by atoms with E-state index in [0.29, 0.717) is 6.54 Å². The van der Waals surface area contributed by atoms with Gasteiger partial charge < -0.3 is 0 Å². The Bertz CT molecular complexity index is 344. The van der Waals surface area contributed by atoms with Gasteiger partial charge >= 0.3 is 0 Å². The van der Waals surface area contributed by atoms with Crippen LogP contribution in [-0.2, 0) is 16.6 Å². The zero-order valence-electron chi connectivity index (χ0n) is 7.64. The van der Waals surface area contributed by atoms with E-state index in [1.54, 1.807) is 30.1 Å². The molecule has 0 aliphatic rings. The molecule has 0 spiro atoms. The number of sulfonamides is 1. The maximum atomic E-state index is 10.8. The fourth-order valence-electron chi connectivity index (χ4n) is 1.09. The Hall–Kier alpha value is -0.880. The molecule has 1 N–H and O–H groups in total. The van der Waals surface area contributed by atoms with Gasteiger partial charge in [0.1, 0.15) is 0 Å². The standard InChI is InChI=1S/C7H13N3O2S/c1-7(9-13(2,11)12)6-10-5-3-4-8-10/h3-5,7,9H,6H2,1-2H3. The zero-order valence-corrected chi connectivity index (χ0v) is 8.45. The molecule has 13 heavy (non-hydrogen) atoms. The SMILES string of the molecule is CC(Cn1cccn1)NS(C)(=O)=O. The van der Waals surface area contributed by atoms with Crippen LogP contribution in [-0.4, -0.2) is 30.5 Å². The first-order chi connectivity index (χ1) is 5.97. The lowest BCUT2D eigenvalue weighted by molar-refractivity contribution is 0.496. The lowest BCUT2D eigenvalue weighted by Gasteiger charge is -2.11. The molecule has 0 bridgehead atoms. The third-order valence-electron chi connectivity index (χ3n) is 1.44. The van der Waals surface area contributed by atoms with Crippen molar-refractivity contribution < 1.29 is 8.42 Å². The summed E-state index contributed by atoms with van der Waals surface area (Å²) in [4.78, 5) is 0. The van der Waals surface area contributed by atoms with E-state index in [0.717, 1.165) is 6.26 Å². The highest BCUT2D eigenvalue weighted by atomic mass is 32.2. The van der Waals surface area contributed by atoms with Gasteiger partial charge in [-0.25, -0.2) is 13.1 Å². The summed E-state index contributed by atoms with van der Waals surface area (Å²) in [5.74, 6) is 0. The van der Waals surface area contributed by atoms with E-state index in [2.05, 4.69) is 9.82 Å². The van der Waals surface area contributed by atoms with Gasteiger partial charge in [0, 0.05) is 18.4 Å². The average Bonchev–Trinajstić information content (AvgIpc) is 2.34. The molecule has 1 heterocycles. The molecule has 0 aliphatic carbocycles. The van der Waals surface area contributed by atoms with Crippen LogP contribution >= 0.6 is 0 Å². The second-order valence-corrected chi connectivity index (χ2v) is 4.80. The van der Waals surface area contributed by atoms with Crippen LogP contribution in [0.3, 0.4) is 0 Å². The van der Waals surface area contributed by atoms with Gasteiger partial charge in [0.2, 0.25) is 10.0 Å². The highest BCUT2D eigenvalue weighted by molar-refractivity contribution is 7.88. The molecule has 5 nitrogen and oxygen atoms in total. The molecule has 1 aromatic heterocycles. The number of aromatic nitrogens is 2. The van der Waals surface area contributed by atoms with Crippen LogP contribution in [0.2, 0.25) is 0 Å². The van der Waals surface area contributed by atoms with Gasteiger partial charge in [-0.2, -0.15) is 5.10 Å². The smallest absolute Gasteiger partial charge is 0.209 e. The van der Waals surface area contributed by atoms with Crippen molar-refractivity contribution in [3.63, 3.8) is 0 Å². The number of hydrogen-bond acceptors (Lipinski definition) is 3. The molecule has 1 unspecified atom stereocenters. The lowest BCUT2D eigenvalue weighted by atomic mass is 10.4. The van der Waals surface area contributed by atoms with Gasteiger partial charge in [-0.15, -0.1) is 0 Å².